The lowest BCUT2D eigenvalue weighted by Crippen LogP contribution is -2.11. The normalized spacial score (nSPS) is 10.5. The van der Waals surface area contributed by atoms with E-state index >= 15 is 0 Å². The molecule has 1 heterocycles. The second-order valence-electron chi connectivity index (χ2n) is 2.47. The van der Waals surface area contributed by atoms with Crippen LogP contribution in [0.1, 0.15) is 22.5 Å². The van der Waals surface area contributed by atoms with Crippen LogP contribution in [-0.2, 0) is 4.74 Å². The predicted octanol–water partition coefficient (Wildman–Crippen LogP) is 2.60. The second-order valence-corrected chi connectivity index (χ2v) is 2.88. The van der Waals surface area contributed by atoms with Gasteiger partial charge in [-0.3, -0.25) is 0 Å². The molecular weight excluding hydrogens is 235 g/mol. The van der Waals surface area contributed by atoms with E-state index in [4.69, 9.17) is 11.6 Å². The lowest BCUT2D eigenvalue weighted by Gasteiger charge is -2.07. The molecule has 0 bridgehead atoms. The zero-order chi connectivity index (χ0) is 11.6. The number of alkyl halides is 2. The predicted molar refractivity (Wildman–Crippen MR) is 45.5 cm³/mol. The maximum Gasteiger partial charge on any atom is 0.357 e. The molecule has 1 aromatic heterocycles. The number of halogens is 4. The minimum absolute atomic E-state index is 0.571. The Kier molecular flexibility index (Phi) is 3.52. The van der Waals surface area contributed by atoms with Gasteiger partial charge in [-0.1, -0.05) is 11.6 Å². The fourth-order valence-electron chi connectivity index (χ4n) is 0.939. The van der Waals surface area contributed by atoms with Gasteiger partial charge in [-0.15, -0.1) is 0 Å². The molecule has 0 spiro atoms. The number of esters is 1. The standard InChI is InChI=1S/C8H5ClF3NO2/c1-15-8(14)6-4(7(11)12)5(10)3(9)2-13-6/h2,7H,1H3. The van der Waals surface area contributed by atoms with Gasteiger partial charge in [-0.2, -0.15) is 0 Å². The van der Waals surface area contributed by atoms with Gasteiger partial charge in [0.05, 0.1) is 17.7 Å². The molecule has 0 aliphatic carbocycles. The topological polar surface area (TPSA) is 39.2 Å². The first-order valence-electron chi connectivity index (χ1n) is 3.69. The molecule has 0 unspecified atom stereocenters. The number of rotatable bonds is 2. The van der Waals surface area contributed by atoms with Crippen LogP contribution in [0.5, 0.6) is 0 Å². The first kappa shape index (κ1) is 11.8. The van der Waals surface area contributed by atoms with Crippen LogP contribution in [-0.4, -0.2) is 18.1 Å². The molecule has 0 N–H and O–H groups in total. The zero-order valence-corrected chi connectivity index (χ0v) is 8.19. The maximum atomic E-state index is 13.1. The van der Waals surface area contributed by atoms with Crippen molar-refractivity contribution in [3.8, 4) is 0 Å². The molecule has 0 radical (unpaired) electrons. The summed E-state index contributed by atoms with van der Waals surface area (Å²) in [6, 6.07) is 0. The third-order valence-electron chi connectivity index (χ3n) is 1.61. The summed E-state index contributed by atoms with van der Waals surface area (Å²) >= 11 is 5.25. The number of aromatic nitrogens is 1. The highest BCUT2D eigenvalue weighted by Crippen LogP contribution is 2.29. The molecule has 0 aliphatic rings. The van der Waals surface area contributed by atoms with E-state index in [9.17, 15) is 18.0 Å². The molecular formula is C8H5ClF3NO2. The van der Waals surface area contributed by atoms with E-state index in [-0.39, 0.29) is 0 Å². The van der Waals surface area contributed by atoms with Gasteiger partial charge in [0.15, 0.2) is 11.5 Å². The fraction of sp³-hybridized carbons (Fsp3) is 0.250. The molecule has 15 heavy (non-hydrogen) atoms. The van der Waals surface area contributed by atoms with Crippen molar-refractivity contribution in [2.75, 3.05) is 7.11 Å². The van der Waals surface area contributed by atoms with Gasteiger partial charge in [0.25, 0.3) is 6.43 Å². The highest BCUT2D eigenvalue weighted by molar-refractivity contribution is 6.30. The molecule has 0 saturated heterocycles. The smallest absolute Gasteiger partial charge is 0.357 e. The summed E-state index contributed by atoms with van der Waals surface area (Å²) in [7, 11) is 0.978. The van der Waals surface area contributed by atoms with E-state index in [0.29, 0.717) is 0 Å². The summed E-state index contributed by atoms with van der Waals surface area (Å²) in [6.07, 6.45) is -2.42. The summed E-state index contributed by atoms with van der Waals surface area (Å²) in [5.74, 6) is -2.50. The third-order valence-corrected chi connectivity index (χ3v) is 1.87. The lowest BCUT2D eigenvalue weighted by atomic mass is 10.2. The summed E-state index contributed by atoms with van der Waals surface area (Å²) in [5.41, 5.74) is -1.91. The molecule has 0 amide bonds. The summed E-state index contributed by atoms with van der Waals surface area (Å²) in [4.78, 5) is 14.3. The van der Waals surface area contributed by atoms with Crippen molar-refractivity contribution in [3.05, 3.63) is 28.3 Å². The van der Waals surface area contributed by atoms with Crippen molar-refractivity contribution >= 4 is 17.6 Å². The number of nitrogens with zero attached hydrogens (tertiary/aromatic N) is 1. The van der Waals surface area contributed by atoms with Crippen molar-refractivity contribution in [1.29, 1.82) is 0 Å². The Bertz CT molecular complexity index is 398. The molecule has 7 heteroatoms. The number of carbonyl (C=O) groups excluding carboxylic acids is 1. The van der Waals surface area contributed by atoms with E-state index in [0.717, 1.165) is 13.3 Å². The first-order chi connectivity index (χ1) is 6.99. The summed E-state index contributed by atoms with van der Waals surface area (Å²) in [5, 5.41) is -0.571. The number of hydrogen-bond donors (Lipinski definition) is 0. The average molecular weight is 240 g/mol. The van der Waals surface area contributed by atoms with Crippen molar-refractivity contribution < 1.29 is 22.7 Å². The minimum atomic E-state index is -3.19. The Hall–Kier alpha value is -1.30. The summed E-state index contributed by atoms with van der Waals surface area (Å²) < 4.78 is 42.2. The van der Waals surface area contributed by atoms with Gasteiger partial charge in [-0.25, -0.2) is 22.9 Å². The van der Waals surface area contributed by atoms with Crippen LogP contribution in [0, 0.1) is 5.82 Å². The Labute approximate surface area is 87.8 Å². The number of carbonyl (C=O) groups is 1. The van der Waals surface area contributed by atoms with Crippen molar-refractivity contribution in [3.63, 3.8) is 0 Å². The van der Waals surface area contributed by atoms with Crippen LogP contribution >= 0.6 is 11.6 Å². The van der Waals surface area contributed by atoms with Crippen molar-refractivity contribution in [1.82, 2.24) is 4.98 Å². The van der Waals surface area contributed by atoms with E-state index in [1.165, 1.54) is 0 Å². The van der Waals surface area contributed by atoms with Gasteiger partial charge in [-0.05, 0) is 0 Å². The Balaban J connectivity index is 3.40. The molecule has 0 aliphatic heterocycles. The van der Waals surface area contributed by atoms with Gasteiger partial charge in [0.2, 0.25) is 0 Å². The first-order valence-corrected chi connectivity index (χ1v) is 4.07. The number of hydrogen-bond acceptors (Lipinski definition) is 3. The van der Waals surface area contributed by atoms with Crippen LogP contribution in [0.15, 0.2) is 6.20 Å². The molecule has 1 aromatic rings. The number of methoxy groups -OCH3 is 1. The van der Waals surface area contributed by atoms with E-state index < -0.39 is 34.5 Å². The molecule has 1 rings (SSSR count). The third kappa shape index (κ3) is 2.20. The largest absolute Gasteiger partial charge is 0.464 e. The van der Waals surface area contributed by atoms with E-state index in [1.807, 2.05) is 0 Å². The summed E-state index contributed by atoms with van der Waals surface area (Å²) in [6.45, 7) is 0. The van der Waals surface area contributed by atoms with Gasteiger partial charge >= 0.3 is 5.97 Å². The quantitative estimate of drug-likeness (QED) is 0.745. The van der Waals surface area contributed by atoms with Crippen LogP contribution in [0.25, 0.3) is 0 Å². The SMILES string of the molecule is COC(=O)c1ncc(Cl)c(F)c1C(F)F. The maximum absolute atomic E-state index is 13.1. The highest BCUT2D eigenvalue weighted by Gasteiger charge is 2.26. The van der Waals surface area contributed by atoms with Gasteiger partial charge in [0, 0.05) is 6.20 Å². The lowest BCUT2D eigenvalue weighted by molar-refractivity contribution is 0.0579. The molecule has 3 nitrogen and oxygen atoms in total. The van der Waals surface area contributed by atoms with E-state index in [2.05, 4.69) is 9.72 Å². The second kappa shape index (κ2) is 4.48. The van der Waals surface area contributed by atoms with Crippen LogP contribution in [0.4, 0.5) is 13.2 Å². The molecule has 0 aromatic carbocycles. The molecule has 0 fully saturated rings. The molecule has 0 saturated carbocycles. The number of pyridine rings is 1. The van der Waals surface area contributed by atoms with Crippen molar-refractivity contribution in [2.45, 2.75) is 6.43 Å². The van der Waals surface area contributed by atoms with E-state index in [1.54, 1.807) is 0 Å². The van der Waals surface area contributed by atoms with Crippen molar-refractivity contribution in [2.24, 2.45) is 0 Å². The Morgan fingerprint density at radius 2 is 2.20 bits per heavy atom. The number of ether oxygens (including phenoxy) is 1. The molecule has 0 atom stereocenters. The average Bonchev–Trinajstić information content (AvgIpc) is 2.20. The molecule has 82 valence electrons. The van der Waals surface area contributed by atoms with Gasteiger partial charge < -0.3 is 4.74 Å². The van der Waals surface area contributed by atoms with Crippen LogP contribution in [0.3, 0.4) is 0 Å². The minimum Gasteiger partial charge on any atom is -0.464 e. The highest BCUT2D eigenvalue weighted by atomic mass is 35.5. The fourth-order valence-corrected chi connectivity index (χ4v) is 1.09. The van der Waals surface area contributed by atoms with Crippen LogP contribution < -0.4 is 0 Å². The Morgan fingerprint density at radius 3 is 2.67 bits per heavy atom. The van der Waals surface area contributed by atoms with Gasteiger partial charge in [0.1, 0.15) is 0 Å². The monoisotopic (exact) mass is 239 g/mol. The zero-order valence-electron chi connectivity index (χ0n) is 7.43. The Morgan fingerprint density at radius 1 is 1.60 bits per heavy atom. The van der Waals surface area contributed by atoms with Crippen LogP contribution in [0.2, 0.25) is 5.02 Å².